The Kier molecular flexibility index (Phi) is 24.3. The van der Waals surface area contributed by atoms with Gasteiger partial charge in [-0.15, -0.1) is 0 Å². The molecule has 0 bridgehead atoms. The van der Waals surface area contributed by atoms with E-state index in [0.29, 0.717) is 42.6 Å². The molecule has 2 fully saturated rings. The summed E-state index contributed by atoms with van der Waals surface area (Å²) in [5, 5.41) is 21.9. The van der Waals surface area contributed by atoms with Gasteiger partial charge in [0.15, 0.2) is 11.3 Å². The number of para-hydroxylation sites is 2. The second kappa shape index (κ2) is 31.4. The number of likely N-dealkylation sites (N-methyl/N-ethyl adjacent to an activating group) is 2. The molecule has 32 heteroatoms. The molecule has 11 rings (SSSR count). The monoisotopic (exact) mass is 1390 g/mol. The number of hydrogen-bond donors (Lipinski definition) is 5. The number of aryl methyl sites for hydroxylation is 3. The van der Waals surface area contributed by atoms with Gasteiger partial charge < -0.3 is 45.9 Å². The molecule has 9 aromatic rings. The fraction of sp³-hybridized carbons (Fsp3) is 0.279. The Hall–Kier alpha value is -8.48. The average Bonchev–Trinajstić information content (AvgIpc) is 0.765. The standard InChI is InChI=1S/C27H29Cl2N9O2.C14H22N4O.C13H8Cl3N5O.C7H8O3S.H2O/c1-34(2)16-22(39)37-13-11-36(12-14-37)18-9-7-17(8-10-18)32-26-31-15-19-24(30)38(27(40)35(3)25(19)33-26)23-20(28)5-4-6-21(23)29;1-16(2)11-14(19)18-9-7-17(8-10-18)13-5-3-12(15)4-6-13;1-20-11-6(5-18-12(16)19-11)10(17)21(13(20)22)9-7(14)3-2-4-8(9)15;1-6-2-4-7(5-3-6)11(8,9)10;/h4-10,15,30H,11-14,16H2,1-3H3,(H,31,32,33);3-6H,7-11,15H2,1-2H3;2-5,17H,1H3;2-5H,1H3,(H,8,9,10);1H2. The van der Waals surface area contributed by atoms with Crippen LogP contribution >= 0.6 is 58.0 Å². The summed E-state index contributed by atoms with van der Waals surface area (Å²) in [6, 6.07) is 31.5. The van der Waals surface area contributed by atoms with Gasteiger partial charge in [-0.1, -0.05) is 76.2 Å². The lowest BCUT2D eigenvalue weighted by atomic mass is 10.2. The van der Waals surface area contributed by atoms with Crippen molar-refractivity contribution in [1.82, 2.24) is 57.8 Å². The quantitative estimate of drug-likeness (QED) is 0.0538. The fourth-order valence-corrected chi connectivity index (χ4v) is 11.6. The molecule has 0 spiro atoms. The summed E-state index contributed by atoms with van der Waals surface area (Å²) in [6.07, 6.45) is 2.88. The highest BCUT2D eigenvalue weighted by Crippen LogP contribution is 2.29. The van der Waals surface area contributed by atoms with Crippen molar-refractivity contribution >= 4 is 131 Å². The molecule has 2 saturated heterocycles. The van der Waals surface area contributed by atoms with Crippen LogP contribution in [0, 0.1) is 17.7 Å². The SMILES string of the molecule is CN(C)CC(=O)N1CCN(c2ccc(N)cc2)CC1.CN(C)CC(=O)N1CCN(c2ccc(Nc3ncc4c(=N)n(-c5c(Cl)cccc5Cl)c(=O)n(C)c4n3)cc2)CC1.Cc1ccc(S(=O)(=O)O)cc1.Cn1c(=O)n(-c2c(Cl)cccc2Cl)c(=N)c2cnc(Cl)nc21.O. The van der Waals surface area contributed by atoms with Gasteiger partial charge in [-0.3, -0.25) is 34.1 Å². The number of hydrogen-bond acceptors (Lipinski definition) is 18. The van der Waals surface area contributed by atoms with Crippen LogP contribution in [-0.2, 0) is 33.8 Å². The number of nitrogens with one attached hydrogen (secondary N) is 3. The highest BCUT2D eigenvalue weighted by Gasteiger charge is 2.24. The van der Waals surface area contributed by atoms with Crippen molar-refractivity contribution in [3.05, 3.63) is 184 Å². The third kappa shape index (κ3) is 17.6. The summed E-state index contributed by atoms with van der Waals surface area (Å²) < 4.78 is 34.4. The van der Waals surface area contributed by atoms with E-state index in [1.807, 2.05) is 103 Å². The molecule has 8 N–H and O–H groups in total. The first kappa shape index (κ1) is 72.0. The molecule has 4 aromatic heterocycles. The number of fused-ring (bicyclic) bond motifs is 2. The maximum Gasteiger partial charge on any atom is 0.335 e. The van der Waals surface area contributed by atoms with Gasteiger partial charge in [0.2, 0.25) is 23.0 Å². The minimum absolute atomic E-state index is 0. The highest BCUT2D eigenvalue weighted by atomic mass is 35.5. The summed E-state index contributed by atoms with van der Waals surface area (Å²) in [5.74, 6) is 0.648. The predicted molar refractivity (Wildman–Crippen MR) is 365 cm³/mol. The minimum Gasteiger partial charge on any atom is -0.412 e. The Labute approximate surface area is 560 Å². The number of piperazine rings is 2. The first-order valence-electron chi connectivity index (χ1n) is 28.3. The molecule has 6 heterocycles. The van der Waals surface area contributed by atoms with E-state index in [9.17, 15) is 27.6 Å². The Morgan fingerprint density at radius 3 is 1.38 bits per heavy atom. The van der Waals surface area contributed by atoms with Crippen molar-refractivity contribution in [2.24, 2.45) is 14.1 Å². The van der Waals surface area contributed by atoms with Gasteiger partial charge in [0.1, 0.15) is 11.0 Å². The molecule has 0 aliphatic carbocycles. The number of nitrogens with zero attached hydrogens (tertiary/aromatic N) is 14. The lowest BCUT2D eigenvalue weighted by Crippen LogP contribution is -2.50. The number of benzene rings is 5. The van der Waals surface area contributed by atoms with Crippen LogP contribution in [0.5, 0.6) is 0 Å². The van der Waals surface area contributed by atoms with Crippen LogP contribution in [0.1, 0.15) is 5.56 Å². The van der Waals surface area contributed by atoms with Crippen LogP contribution in [0.25, 0.3) is 33.4 Å². The Balaban J connectivity index is 0.000000195. The smallest absolute Gasteiger partial charge is 0.335 e. The largest absolute Gasteiger partial charge is 0.412 e. The van der Waals surface area contributed by atoms with Crippen LogP contribution in [-0.4, -0.2) is 182 Å². The zero-order valence-electron chi connectivity index (χ0n) is 51.7. The molecule has 2 aliphatic rings. The number of carbonyl (C=O) groups excluding carboxylic acids is 2. The van der Waals surface area contributed by atoms with Gasteiger partial charge in [0.05, 0.1) is 60.2 Å². The summed E-state index contributed by atoms with van der Waals surface area (Å²) in [6.45, 7) is 9.00. The highest BCUT2D eigenvalue weighted by molar-refractivity contribution is 7.85. The van der Waals surface area contributed by atoms with E-state index in [1.54, 1.807) is 55.6 Å². The molecule has 0 radical (unpaired) electrons. The van der Waals surface area contributed by atoms with Gasteiger partial charge >= 0.3 is 11.4 Å². The van der Waals surface area contributed by atoms with Crippen LogP contribution in [0.2, 0.25) is 25.4 Å². The van der Waals surface area contributed by atoms with E-state index in [0.717, 1.165) is 71.0 Å². The predicted octanol–water partition coefficient (Wildman–Crippen LogP) is 6.31. The van der Waals surface area contributed by atoms with Crippen molar-refractivity contribution in [3.8, 4) is 11.4 Å². The van der Waals surface area contributed by atoms with Gasteiger partial charge in [-0.2, -0.15) is 18.4 Å². The van der Waals surface area contributed by atoms with E-state index < -0.39 is 21.5 Å². The molecular formula is C61H69Cl5N18O8S. The number of aromatic nitrogens is 8. The first-order chi connectivity index (χ1) is 43.6. The number of carbonyl (C=O) groups is 2. The van der Waals surface area contributed by atoms with Crippen molar-refractivity contribution < 1.29 is 28.0 Å². The van der Waals surface area contributed by atoms with Crippen molar-refractivity contribution in [3.63, 3.8) is 0 Å². The third-order valence-corrected chi connectivity index (χ3v) is 16.9. The molecule has 2 aliphatic heterocycles. The van der Waals surface area contributed by atoms with E-state index in [2.05, 4.69) is 35.1 Å². The zero-order valence-corrected chi connectivity index (χ0v) is 56.2. The number of halogens is 5. The number of anilines is 5. The summed E-state index contributed by atoms with van der Waals surface area (Å²) in [5.41, 5.74) is 10.2. The molecule has 492 valence electrons. The second-order valence-corrected chi connectivity index (χ2v) is 25.2. The minimum atomic E-state index is -4.02. The van der Waals surface area contributed by atoms with Crippen molar-refractivity contribution in [2.45, 2.75) is 11.8 Å². The maximum absolute atomic E-state index is 13.2. The van der Waals surface area contributed by atoms with Gasteiger partial charge in [-0.05, 0) is 132 Å². The molecule has 0 saturated carbocycles. The molecule has 0 unspecified atom stereocenters. The average molecular weight is 1390 g/mol. The topological polar surface area (TPSA) is 331 Å². The number of rotatable bonds is 11. The Bertz CT molecular complexity index is 4500. The zero-order chi connectivity index (χ0) is 66.9. The summed E-state index contributed by atoms with van der Waals surface area (Å²) in [4.78, 5) is 79.0. The number of nitrogens with two attached hydrogens (primary N) is 1. The maximum atomic E-state index is 13.2. The lowest BCUT2D eigenvalue weighted by molar-refractivity contribution is -0.132. The van der Waals surface area contributed by atoms with Gasteiger partial charge in [0, 0.05) is 102 Å². The summed E-state index contributed by atoms with van der Waals surface area (Å²) >= 11 is 30.7. The molecular weight excluding hydrogens is 1320 g/mol. The van der Waals surface area contributed by atoms with E-state index in [1.165, 1.54) is 46.4 Å². The summed E-state index contributed by atoms with van der Waals surface area (Å²) in [7, 11) is 6.71. The molecule has 2 amide bonds. The lowest BCUT2D eigenvalue weighted by Gasteiger charge is -2.36. The van der Waals surface area contributed by atoms with Crippen LogP contribution in [0.4, 0.5) is 28.7 Å². The van der Waals surface area contributed by atoms with Crippen LogP contribution in [0.3, 0.4) is 0 Å². The fourth-order valence-electron chi connectivity index (χ4n) is 9.81. The normalized spacial score (nSPS) is 13.2. The van der Waals surface area contributed by atoms with Gasteiger partial charge in [0.25, 0.3) is 10.1 Å². The first-order valence-corrected chi connectivity index (χ1v) is 31.7. The number of nitrogen functional groups attached to an aromatic ring is 1. The molecule has 0 atom stereocenters. The third-order valence-electron chi connectivity index (χ3n) is 14.6. The van der Waals surface area contributed by atoms with E-state index >= 15 is 0 Å². The second-order valence-electron chi connectivity index (χ2n) is 21.8. The Morgan fingerprint density at radius 1 is 0.591 bits per heavy atom. The number of amides is 2. The van der Waals surface area contributed by atoms with E-state index in [-0.39, 0.29) is 81.5 Å². The Morgan fingerprint density at radius 2 is 0.978 bits per heavy atom. The van der Waals surface area contributed by atoms with E-state index in [4.69, 9.17) is 79.1 Å². The van der Waals surface area contributed by atoms with Gasteiger partial charge in [-0.25, -0.2) is 28.7 Å². The van der Waals surface area contributed by atoms with Crippen LogP contribution < -0.4 is 43.2 Å². The van der Waals surface area contributed by atoms with Crippen LogP contribution in [0.15, 0.2) is 136 Å². The van der Waals surface area contributed by atoms with Crippen molar-refractivity contribution in [2.75, 3.05) is 114 Å². The molecule has 5 aromatic carbocycles. The molecule has 93 heavy (non-hydrogen) atoms. The molecule has 26 nitrogen and oxygen atoms in total. The van der Waals surface area contributed by atoms with Crippen molar-refractivity contribution in [1.29, 1.82) is 10.8 Å².